The van der Waals surface area contributed by atoms with Gasteiger partial charge in [0.05, 0.1) is 17.1 Å². The second-order valence-corrected chi connectivity index (χ2v) is 6.64. The number of furan rings is 1. The number of aryl methyl sites for hydroxylation is 1. The predicted octanol–water partition coefficient (Wildman–Crippen LogP) is 1.93. The Morgan fingerprint density at radius 2 is 2.39 bits per heavy atom. The molecule has 5 heteroatoms. The zero-order valence-electron chi connectivity index (χ0n) is 10.6. The highest BCUT2D eigenvalue weighted by Crippen LogP contribution is 2.46. The summed E-state index contributed by atoms with van der Waals surface area (Å²) < 4.78 is 10.9. The van der Waals surface area contributed by atoms with E-state index in [1.54, 1.807) is 13.4 Å². The molecular weight excluding hydrogens is 250 g/mol. The third kappa shape index (κ3) is 1.86. The van der Waals surface area contributed by atoms with Crippen molar-refractivity contribution in [1.29, 1.82) is 0 Å². The molecule has 0 bridgehead atoms. The standard InChI is InChI=1S/C13H17NO3S/c1-9-3-4-17-11(9)12(15)14-7-13(8-14)5-10(16-2)6-18-13/h3-4,10H,5-8H2,1-2H3/t10-/m1/s1. The van der Waals surface area contributed by atoms with E-state index >= 15 is 0 Å². The molecular formula is C13H17NO3S. The van der Waals surface area contributed by atoms with Crippen LogP contribution in [0.2, 0.25) is 0 Å². The van der Waals surface area contributed by atoms with Crippen LogP contribution < -0.4 is 0 Å². The van der Waals surface area contributed by atoms with Crippen molar-refractivity contribution < 1.29 is 13.9 Å². The highest BCUT2D eigenvalue weighted by atomic mass is 32.2. The van der Waals surface area contributed by atoms with Crippen LogP contribution in [0.15, 0.2) is 16.7 Å². The first-order chi connectivity index (χ1) is 8.63. The highest BCUT2D eigenvalue weighted by molar-refractivity contribution is 8.01. The van der Waals surface area contributed by atoms with Crippen molar-refractivity contribution in [2.75, 3.05) is 26.0 Å². The van der Waals surface area contributed by atoms with Gasteiger partial charge in [-0.15, -0.1) is 11.8 Å². The predicted molar refractivity (Wildman–Crippen MR) is 70.0 cm³/mol. The molecule has 2 saturated heterocycles. The fourth-order valence-electron chi connectivity index (χ4n) is 2.70. The minimum Gasteiger partial charge on any atom is -0.459 e. The first-order valence-corrected chi connectivity index (χ1v) is 7.12. The van der Waals surface area contributed by atoms with E-state index in [1.807, 2.05) is 29.7 Å². The molecule has 0 saturated carbocycles. The van der Waals surface area contributed by atoms with Gasteiger partial charge in [-0.25, -0.2) is 0 Å². The molecule has 2 aliphatic rings. The maximum atomic E-state index is 12.2. The monoisotopic (exact) mass is 267 g/mol. The molecule has 0 aromatic carbocycles. The number of ether oxygens (including phenoxy) is 1. The summed E-state index contributed by atoms with van der Waals surface area (Å²) in [5.41, 5.74) is 0.912. The number of carbonyl (C=O) groups excluding carboxylic acids is 1. The lowest BCUT2D eigenvalue weighted by molar-refractivity contribution is 0.0424. The van der Waals surface area contributed by atoms with Crippen LogP contribution in [-0.4, -0.2) is 47.6 Å². The van der Waals surface area contributed by atoms with Gasteiger partial charge < -0.3 is 14.1 Å². The van der Waals surface area contributed by atoms with E-state index in [4.69, 9.17) is 9.15 Å². The third-order valence-corrected chi connectivity index (χ3v) is 5.39. The number of likely N-dealkylation sites (tertiary alicyclic amines) is 1. The number of thioether (sulfide) groups is 1. The molecule has 1 atom stereocenters. The Kier molecular flexibility index (Phi) is 2.90. The summed E-state index contributed by atoms with van der Waals surface area (Å²) in [6.45, 7) is 3.53. The molecule has 1 amide bonds. The van der Waals surface area contributed by atoms with Crippen molar-refractivity contribution in [3.05, 3.63) is 23.7 Å². The average Bonchev–Trinajstić information content (AvgIpc) is 2.92. The minimum atomic E-state index is 0.0181. The van der Waals surface area contributed by atoms with E-state index in [2.05, 4.69) is 0 Å². The van der Waals surface area contributed by atoms with Crippen molar-refractivity contribution in [2.24, 2.45) is 0 Å². The van der Waals surface area contributed by atoms with E-state index in [-0.39, 0.29) is 10.7 Å². The molecule has 2 fully saturated rings. The molecule has 4 nitrogen and oxygen atoms in total. The van der Waals surface area contributed by atoms with Gasteiger partial charge in [0.25, 0.3) is 5.91 Å². The van der Waals surface area contributed by atoms with Crippen LogP contribution in [0, 0.1) is 6.92 Å². The molecule has 2 aliphatic heterocycles. The molecule has 0 aliphatic carbocycles. The first-order valence-electron chi connectivity index (χ1n) is 6.14. The van der Waals surface area contributed by atoms with Crippen molar-refractivity contribution in [3.8, 4) is 0 Å². The molecule has 98 valence electrons. The van der Waals surface area contributed by atoms with Crippen LogP contribution in [0.3, 0.4) is 0 Å². The number of hydrogen-bond donors (Lipinski definition) is 0. The molecule has 1 spiro atoms. The van der Waals surface area contributed by atoms with E-state index in [0.29, 0.717) is 11.9 Å². The molecule has 1 aromatic rings. The van der Waals surface area contributed by atoms with Crippen LogP contribution in [0.1, 0.15) is 22.5 Å². The van der Waals surface area contributed by atoms with Gasteiger partial charge in [-0.05, 0) is 19.4 Å². The highest BCUT2D eigenvalue weighted by Gasteiger charge is 2.51. The topological polar surface area (TPSA) is 42.7 Å². The second kappa shape index (κ2) is 4.31. The Morgan fingerprint density at radius 1 is 1.61 bits per heavy atom. The number of carbonyl (C=O) groups is 1. The van der Waals surface area contributed by atoms with E-state index in [1.165, 1.54) is 0 Å². The minimum absolute atomic E-state index is 0.0181. The lowest BCUT2D eigenvalue weighted by Gasteiger charge is -2.47. The number of nitrogens with zero attached hydrogens (tertiary/aromatic N) is 1. The zero-order chi connectivity index (χ0) is 12.8. The van der Waals surface area contributed by atoms with Gasteiger partial charge in [0.2, 0.25) is 0 Å². The van der Waals surface area contributed by atoms with Gasteiger partial charge in [0.15, 0.2) is 5.76 Å². The maximum Gasteiger partial charge on any atom is 0.289 e. The van der Waals surface area contributed by atoms with Crippen LogP contribution in [-0.2, 0) is 4.74 Å². The average molecular weight is 267 g/mol. The van der Waals surface area contributed by atoms with Gasteiger partial charge in [0, 0.05) is 31.5 Å². The van der Waals surface area contributed by atoms with Gasteiger partial charge in [0.1, 0.15) is 0 Å². The van der Waals surface area contributed by atoms with Crippen molar-refractivity contribution in [1.82, 2.24) is 4.90 Å². The summed E-state index contributed by atoms with van der Waals surface area (Å²) >= 11 is 1.94. The number of methoxy groups -OCH3 is 1. The van der Waals surface area contributed by atoms with Gasteiger partial charge in [-0.3, -0.25) is 4.79 Å². The second-order valence-electron chi connectivity index (χ2n) is 5.15. The Morgan fingerprint density at radius 3 is 2.94 bits per heavy atom. The Bertz CT molecular complexity index is 465. The van der Waals surface area contributed by atoms with Crippen LogP contribution in [0.5, 0.6) is 0 Å². The maximum absolute atomic E-state index is 12.2. The quantitative estimate of drug-likeness (QED) is 0.821. The molecule has 0 N–H and O–H groups in total. The Labute approximate surface area is 111 Å². The molecule has 3 heterocycles. The summed E-state index contributed by atoms with van der Waals surface area (Å²) in [6, 6.07) is 1.83. The molecule has 0 radical (unpaired) electrons. The normalized spacial score (nSPS) is 25.4. The lowest BCUT2D eigenvalue weighted by atomic mass is 9.92. The molecule has 0 unspecified atom stereocenters. The van der Waals surface area contributed by atoms with Gasteiger partial charge in [-0.1, -0.05) is 0 Å². The van der Waals surface area contributed by atoms with E-state index in [0.717, 1.165) is 30.8 Å². The molecule has 18 heavy (non-hydrogen) atoms. The fraction of sp³-hybridized carbons (Fsp3) is 0.615. The third-order valence-electron chi connectivity index (χ3n) is 3.81. The van der Waals surface area contributed by atoms with Crippen LogP contribution in [0.25, 0.3) is 0 Å². The summed E-state index contributed by atoms with van der Waals surface area (Å²) in [5, 5.41) is 0. The summed E-state index contributed by atoms with van der Waals surface area (Å²) in [5.74, 6) is 1.54. The fourth-order valence-corrected chi connectivity index (χ4v) is 4.29. The molecule has 1 aromatic heterocycles. The first kappa shape index (κ1) is 12.1. The summed E-state index contributed by atoms with van der Waals surface area (Å²) in [6.07, 6.45) is 2.97. The van der Waals surface area contributed by atoms with E-state index in [9.17, 15) is 4.79 Å². The summed E-state index contributed by atoms with van der Waals surface area (Å²) in [7, 11) is 1.76. The van der Waals surface area contributed by atoms with Gasteiger partial charge >= 0.3 is 0 Å². The number of amides is 1. The zero-order valence-corrected chi connectivity index (χ0v) is 11.5. The van der Waals surface area contributed by atoms with Crippen LogP contribution >= 0.6 is 11.8 Å². The SMILES string of the molecule is CO[C@H]1CSC2(C1)CN(C(=O)c1occc1C)C2. The van der Waals surface area contributed by atoms with Gasteiger partial charge in [-0.2, -0.15) is 0 Å². The number of hydrogen-bond acceptors (Lipinski definition) is 4. The Hall–Kier alpha value is -0.940. The largest absolute Gasteiger partial charge is 0.459 e. The van der Waals surface area contributed by atoms with Crippen molar-refractivity contribution >= 4 is 17.7 Å². The van der Waals surface area contributed by atoms with E-state index < -0.39 is 0 Å². The lowest BCUT2D eigenvalue weighted by Crippen LogP contribution is -2.60. The van der Waals surface area contributed by atoms with Crippen molar-refractivity contribution in [2.45, 2.75) is 24.2 Å². The molecule has 3 rings (SSSR count). The number of rotatable bonds is 2. The van der Waals surface area contributed by atoms with Crippen LogP contribution in [0.4, 0.5) is 0 Å². The Balaban J connectivity index is 1.63. The smallest absolute Gasteiger partial charge is 0.289 e. The summed E-state index contributed by atoms with van der Waals surface area (Å²) in [4.78, 5) is 14.1. The van der Waals surface area contributed by atoms with Crippen molar-refractivity contribution in [3.63, 3.8) is 0 Å².